The second kappa shape index (κ2) is 7.13. The Hall–Kier alpha value is -0.570. The van der Waals surface area contributed by atoms with Crippen molar-refractivity contribution < 1.29 is 4.39 Å². The first-order valence-corrected chi connectivity index (χ1v) is 9.25. The highest BCUT2D eigenvalue weighted by atomic mass is 79.9. The Balaban J connectivity index is 1.71. The van der Waals surface area contributed by atoms with E-state index in [1.54, 1.807) is 6.07 Å². The summed E-state index contributed by atoms with van der Waals surface area (Å²) in [5.41, 5.74) is 0.672. The molecule has 21 heavy (non-hydrogen) atoms. The number of halogens is 2. The molecular weight excluding hydrogens is 329 g/mol. The third kappa shape index (κ3) is 3.80. The second-order valence-electron chi connectivity index (χ2n) is 6.72. The first kappa shape index (κ1) is 15.3. The van der Waals surface area contributed by atoms with Crippen LogP contribution in [-0.2, 0) is 0 Å². The maximum absolute atomic E-state index is 14.1. The molecular formula is C18H25BrFN. The van der Waals surface area contributed by atoms with E-state index in [1.165, 1.54) is 57.8 Å². The van der Waals surface area contributed by atoms with E-state index in [-0.39, 0.29) is 5.82 Å². The van der Waals surface area contributed by atoms with Crippen LogP contribution in [0.3, 0.4) is 0 Å². The lowest BCUT2D eigenvalue weighted by Crippen LogP contribution is -2.37. The van der Waals surface area contributed by atoms with Crippen LogP contribution in [0, 0.1) is 17.7 Å². The highest BCUT2D eigenvalue weighted by Crippen LogP contribution is 2.39. The summed E-state index contributed by atoms with van der Waals surface area (Å²) in [6.45, 7) is 0. The van der Waals surface area contributed by atoms with Crippen LogP contribution in [0.1, 0.15) is 57.8 Å². The first-order chi connectivity index (χ1) is 10.2. The van der Waals surface area contributed by atoms with Crippen LogP contribution in [-0.4, -0.2) is 6.04 Å². The van der Waals surface area contributed by atoms with Gasteiger partial charge in [0.1, 0.15) is 5.82 Å². The lowest BCUT2D eigenvalue weighted by atomic mass is 9.71. The fourth-order valence-corrected chi connectivity index (χ4v) is 4.60. The maximum atomic E-state index is 14.1. The van der Waals surface area contributed by atoms with Gasteiger partial charge in [-0.2, -0.15) is 0 Å². The van der Waals surface area contributed by atoms with E-state index in [1.807, 2.05) is 12.1 Å². The Bertz CT molecular complexity index is 470. The summed E-state index contributed by atoms with van der Waals surface area (Å²) < 4.78 is 14.9. The van der Waals surface area contributed by atoms with Gasteiger partial charge in [0.25, 0.3) is 0 Å². The molecule has 0 saturated heterocycles. The number of hydrogen-bond acceptors (Lipinski definition) is 1. The summed E-state index contributed by atoms with van der Waals surface area (Å²) in [5.74, 6) is 1.45. The van der Waals surface area contributed by atoms with Crippen molar-refractivity contribution in [2.75, 3.05) is 5.32 Å². The average molecular weight is 354 g/mol. The third-order valence-corrected chi connectivity index (χ3v) is 5.84. The molecule has 3 heteroatoms. The van der Waals surface area contributed by atoms with Crippen molar-refractivity contribution in [3.63, 3.8) is 0 Å². The maximum Gasteiger partial charge on any atom is 0.147 e. The zero-order chi connectivity index (χ0) is 14.7. The molecule has 0 amide bonds. The average Bonchev–Trinajstić information content (AvgIpc) is 2.51. The van der Waals surface area contributed by atoms with E-state index in [2.05, 4.69) is 21.2 Å². The van der Waals surface area contributed by atoms with E-state index >= 15 is 0 Å². The summed E-state index contributed by atoms with van der Waals surface area (Å²) in [6, 6.07) is 5.80. The van der Waals surface area contributed by atoms with Crippen LogP contribution in [0.2, 0.25) is 0 Å². The van der Waals surface area contributed by atoms with Gasteiger partial charge in [-0.05, 0) is 42.9 Å². The molecule has 0 heterocycles. The van der Waals surface area contributed by atoms with E-state index in [4.69, 9.17) is 0 Å². The number of nitrogens with one attached hydrogen (secondary N) is 1. The zero-order valence-electron chi connectivity index (χ0n) is 12.6. The Morgan fingerprint density at radius 3 is 2.43 bits per heavy atom. The number of hydrogen-bond donors (Lipinski definition) is 1. The van der Waals surface area contributed by atoms with Crippen molar-refractivity contribution in [3.8, 4) is 0 Å². The highest BCUT2D eigenvalue weighted by Gasteiger charge is 2.32. The quantitative estimate of drug-likeness (QED) is 0.687. The van der Waals surface area contributed by atoms with Crippen LogP contribution in [0.4, 0.5) is 10.1 Å². The van der Waals surface area contributed by atoms with Gasteiger partial charge in [0.05, 0.1) is 5.69 Å². The molecule has 2 aliphatic carbocycles. The minimum Gasteiger partial charge on any atom is -0.380 e. The molecule has 1 nitrogen and oxygen atoms in total. The molecule has 0 spiro atoms. The van der Waals surface area contributed by atoms with Crippen molar-refractivity contribution >= 4 is 21.6 Å². The molecule has 2 aliphatic rings. The molecule has 0 aromatic heterocycles. The molecule has 2 saturated carbocycles. The normalized spacial score (nSPS) is 27.5. The lowest BCUT2D eigenvalue weighted by Gasteiger charge is -2.39. The first-order valence-electron chi connectivity index (χ1n) is 8.45. The standard InChI is InChI=1S/C18H25BrFN/c19-14-10-11-18(16(20)12-14)21-17-9-5-4-8-15(17)13-6-2-1-3-7-13/h10-13,15,17,21H,1-9H2. The fraction of sp³-hybridized carbons (Fsp3) is 0.667. The third-order valence-electron chi connectivity index (χ3n) is 5.35. The molecule has 1 N–H and O–H groups in total. The minimum atomic E-state index is -0.141. The molecule has 3 rings (SSSR count). The van der Waals surface area contributed by atoms with Gasteiger partial charge in [-0.3, -0.25) is 0 Å². The van der Waals surface area contributed by atoms with Gasteiger partial charge in [0.2, 0.25) is 0 Å². The smallest absolute Gasteiger partial charge is 0.147 e. The minimum absolute atomic E-state index is 0.141. The number of rotatable bonds is 3. The monoisotopic (exact) mass is 353 g/mol. The highest BCUT2D eigenvalue weighted by molar-refractivity contribution is 9.10. The predicted molar refractivity (Wildman–Crippen MR) is 90.0 cm³/mol. The van der Waals surface area contributed by atoms with Gasteiger partial charge in [-0.1, -0.05) is 60.9 Å². The largest absolute Gasteiger partial charge is 0.380 e. The van der Waals surface area contributed by atoms with Crippen LogP contribution in [0.15, 0.2) is 22.7 Å². The number of anilines is 1. The van der Waals surface area contributed by atoms with Crippen molar-refractivity contribution in [2.45, 2.75) is 63.8 Å². The van der Waals surface area contributed by atoms with Crippen LogP contribution in [0.5, 0.6) is 0 Å². The van der Waals surface area contributed by atoms with Crippen molar-refractivity contribution in [1.82, 2.24) is 0 Å². The zero-order valence-corrected chi connectivity index (χ0v) is 14.2. The topological polar surface area (TPSA) is 12.0 Å². The number of benzene rings is 1. The van der Waals surface area contributed by atoms with Gasteiger partial charge in [0, 0.05) is 10.5 Å². The lowest BCUT2D eigenvalue weighted by molar-refractivity contribution is 0.180. The summed E-state index contributed by atoms with van der Waals surface area (Å²) in [4.78, 5) is 0. The molecule has 2 atom stereocenters. The van der Waals surface area contributed by atoms with Crippen molar-refractivity contribution in [2.24, 2.45) is 11.8 Å². The van der Waals surface area contributed by atoms with Gasteiger partial charge in [-0.25, -0.2) is 4.39 Å². The van der Waals surface area contributed by atoms with Crippen LogP contribution >= 0.6 is 15.9 Å². The van der Waals surface area contributed by atoms with E-state index in [0.29, 0.717) is 11.7 Å². The fourth-order valence-electron chi connectivity index (χ4n) is 4.27. The molecule has 2 fully saturated rings. The molecule has 116 valence electrons. The van der Waals surface area contributed by atoms with Gasteiger partial charge in [0.15, 0.2) is 0 Å². The molecule has 2 unspecified atom stereocenters. The van der Waals surface area contributed by atoms with Crippen LogP contribution in [0.25, 0.3) is 0 Å². The van der Waals surface area contributed by atoms with Gasteiger partial charge in [-0.15, -0.1) is 0 Å². The summed E-state index contributed by atoms with van der Waals surface area (Å²) in [5, 5.41) is 3.53. The Morgan fingerprint density at radius 1 is 0.952 bits per heavy atom. The Kier molecular flexibility index (Phi) is 5.20. The molecule has 1 aromatic carbocycles. The summed E-state index contributed by atoms with van der Waals surface area (Å²) in [6.07, 6.45) is 12.1. The van der Waals surface area contributed by atoms with E-state index in [0.717, 1.165) is 16.3 Å². The Morgan fingerprint density at radius 2 is 1.67 bits per heavy atom. The van der Waals surface area contributed by atoms with Gasteiger partial charge < -0.3 is 5.32 Å². The predicted octanol–water partition coefficient (Wildman–Crippen LogP) is 6.14. The molecule has 1 aromatic rings. The van der Waals surface area contributed by atoms with Gasteiger partial charge >= 0.3 is 0 Å². The summed E-state index contributed by atoms with van der Waals surface area (Å²) >= 11 is 3.33. The SMILES string of the molecule is Fc1cc(Br)ccc1NC1CCCCC1C1CCCCC1. The molecule has 0 aliphatic heterocycles. The second-order valence-corrected chi connectivity index (χ2v) is 7.64. The van der Waals surface area contributed by atoms with Crippen molar-refractivity contribution in [1.29, 1.82) is 0 Å². The Labute approximate surface area is 135 Å². The van der Waals surface area contributed by atoms with E-state index in [9.17, 15) is 4.39 Å². The molecule has 0 bridgehead atoms. The van der Waals surface area contributed by atoms with Crippen molar-refractivity contribution in [3.05, 3.63) is 28.5 Å². The van der Waals surface area contributed by atoms with Crippen LogP contribution < -0.4 is 5.32 Å². The summed E-state index contributed by atoms with van der Waals surface area (Å²) in [7, 11) is 0. The van der Waals surface area contributed by atoms with E-state index < -0.39 is 0 Å². The molecule has 0 radical (unpaired) electrons.